The molecule has 4 nitrogen and oxygen atoms in total. The quantitative estimate of drug-likeness (QED) is 0.735. The van der Waals surface area contributed by atoms with Crippen molar-refractivity contribution in [2.24, 2.45) is 7.05 Å². The van der Waals surface area contributed by atoms with E-state index in [-0.39, 0.29) is 12.5 Å². The zero-order valence-corrected chi connectivity index (χ0v) is 10.8. The molecule has 0 aliphatic heterocycles. The molecule has 0 aliphatic carbocycles. The van der Waals surface area contributed by atoms with Crippen LogP contribution in [0, 0.1) is 0 Å². The number of carbonyl (C=O) groups excluding carboxylic acids is 1. The van der Waals surface area contributed by atoms with Crippen molar-refractivity contribution in [3.8, 4) is 0 Å². The second-order valence-corrected chi connectivity index (χ2v) is 4.48. The monoisotopic (exact) mass is 258 g/mol. The van der Waals surface area contributed by atoms with Crippen LogP contribution in [0.5, 0.6) is 0 Å². The zero-order chi connectivity index (χ0) is 12.7. The topological polar surface area (TPSA) is 54.3 Å². The van der Waals surface area contributed by atoms with E-state index >= 15 is 0 Å². The first-order valence-corrected chi connectivity index (χ1v) is 6.24. The van der Waals surface area contributed by atoms with E-state index in [1.165, 1.54) is 0 Å². The van der Waals surface area contributed by atoms with Crippen molar-refractivity contribution in [3.63, 3.8) is 0 Å². The number of unbranched alkanes of at least 4 members (excludes halogenated alkanes) is 3. The molecular weight excluding hydrogens is 240 g/mol. The molecule has 0 atom stereocenters. The molecule has 5 heteroatoms. The number of hydrogen-bond acceptors (Lipinski definition) is 2. The Morgan fingerprint density at radius 2 is 2.12 bits per heavy atom. The van der Waals surface area contributed by atoms with Crippen molar-refractivity contribution < 1.29 is 9.90 Å². The average molecular weight is 259 g/mol. The van der Waals surface area contributed by atoms with Gasteiger partial charge in [0.1, 0.15) is 5.69 Å². The summed E-state index contributed by atoms with van der Waals surface area (Å²) < 4.78 is 1.71. The molecule has 0 radical (unpaired) electrons. The minimum Gasteiger partial charge on any atom is -0.396 e. The highest BCUT2D eigenvalue weighted by Crippen LogP contribution is 2.12. The van der Waals surface area contributed by atoms with Gasteiger partial charge in [-0.3, -0.25) is 4.79 Å². The summed E-state index contributed by atoms with van der Waals surface area (Å²) in [5.41, 5.74) is 0.574. The fourth-order valence-corrected chi connectivity index (χ4v) is 1.88. The third kappa shape index (κ3) is 4.79. The van der Waals surface area contributed by atoms with Crippen LogP contribution in [0.4, 0.5) is 0 Å². The van der Waals surface area contributed by atoms with Crippen molar-refractivity contribution in [1.29, 1.82) is 0 Å². The van der Waals surface area contributed by atoms with Crippen LogP contribution in [-0.2, 0) is 7.05 Å². The van der Waals surface area contributed by atoms with Gasteiger partial charge >= 0.3 is 0 Å². The predicted octanol–water partition coefficient (Wildman–Crippen LogP) is 1.96. The van der Waals surface area contributed by atoms with Gasteiger partial charge in [0.15, 0.2) is 0 Å². The van der Waals surface area contributed by atoms with Gasteiger partial charge in [-0.15, -0.1) is 0 Å². The third-order valence-corrected chi connectivity index (χ3v) is 2.78. The minimum absolute atomic E-state index is 0.0958. The summed E-state index contributed by atoms with van der Waals surface area (Å²) in [6.45, 7) is 0.904. The first-order valence-electron chi connectivity index (χ1n) is 5.86. The van der Waals surface area contributed by atoms with E-state index in [0.717, 1.165) is 25.7 Å². The van der Waals surface area contributed by atoms with Gasteiger partial charge in [-0.1, -0.05) is 24.4 Å². The van der Waals surface area contributed by atoms with Crippen molar-refractivity contribution in [1.82, 2.24) is 9.88 Å². The lowest BCUT2D eigenvalue weighted by Crippen LogP contribution is -2.26. The molecule has 2 N–H and O–H groups in total. The lowest BCUT2D eigenvalue weighted by atomic mass is 10.2. The first kappa shape index (κ1) is 14.1. The van der Waals surface area contributed by atoms with Gasteiger partial charge < -0.3 is 15.0 Å². The second kappa shape index (κ2) is 7.35. The van der Waals surface area contributed by atoms with Crippen molar-refractivity contribution in [2.75, 3.05) is 13.2 Å². The number of rotatable bonds is 7. The number of nitrogens with one attached hydrogen (secondary N) is 1. The SMILES string of the molecule is Cn1cc(Cl)cc1C(=O)NCCCCCCO. The summed E-state index contributed by atoms with van der Waals surface area (Å²) in [6, 6.07) is 1.66. The molecule has 96 valence electrons. The Labute approximate surface area is 107 Å². The summed E-state index contributed by atoms with van der Waals surface area (Å²) in [5, 5.41) is 12.0. The number of carbonyl (C=O) groups is 1. The molecule has 1 aromatic heterocycles. The lowest BCUT2D eigenvalue weighted by Gasteiger charge is -2.05. The molecule has 0 fully saturated rings. The van der Waals surface area contributed by atoms with Crippen molar-refractivity contribution >= 4 is 17.5 Å². The molecule has 0 saturated carbocycles. The summed E-state index contributed by atoms with van der Waals surface area (Å²) in [4.78, 5) is 11.7. The molecule has 0 spiro atoms. The Hall–Kier alpha value is -1.00. The number of aliphatic hydroxyl groups is 1. The third-order valence-electron chi connectivity index (χ3n) is 2.57. The number of nitrogens with zero attached hydrogens (tertiary/aromatic N) is 1. The van der Waals surface area contributed by atoms with Crippen LogP contribution in [0.2, 0.25) is 5.02 Å². The summed E-state index contributed by atoms with van der Waals surface area (Å²) in [7, 11) is 1.79. The van der Waals surface area contributed by atoms with Crippen LogP contribution >= 0.6 is 11.6 Å². The largest absolute Gasteiger partial charge is 0.396 e. The smallest absolute Gasteiger partial charge is 0.267 e. The van der Waals surface area contributed by atoms with Crippen molar-refractivity contribution in [2.45, 2.75) is 25.7 Å². The molecule has 0 aliphatic rings. The van der Waals surface area contributed by atoms with Gasteiger partial charge in [-0.05, 0) is 18.9 Å². The van der Waals surface area contributed by atoms with E-state index in [1.54, 1.807) is 23.9 Å². The average Bonchev–Trinajstić information content (AvgIpc) is 2.62. The van der Waals surface area contributed by atoms with Crippen LogP contribution in [0.3, 0.4) is 0 Å². The van der Waals surface area contributed by atoms with Gasteiger partial charge in [-0.25, -0.2) is 0 Å². The predicted molar refractivity (Wildman–Crippen MR) is 68.3 cm³/mol. The standard InChI is InChI=1S/C12H19ClN2O2/c1-15-9-10(13)8-11(15)12(17)14-6-4-2-3-5-7-16/h8-9,16H,2-7H2,1H3,(H,14,17). The number of aliphatic hydroxyl groups excluding tert-OH is 1. The summed E-state index contributed by atoms with van der Waals surface area (Å²) in [5.74, 6) is -0.0958. The highest BCUT2D eigenvalue weighted by Gasteiger charge is 2.09. The maximum Gasteiger partial charge on any atom is 0.267 e. The number of hydrogen-bond donors (Lipinski definition) is 2. The van der Waals surface area contributed by atoms with E-state index in [9.17, 15) is 4.79 Å². The Morgan fingerprint density at radius 1 is 1.41 bits per heavy atom. The fourth-order valence-electron chi connectivity index (χ4n) is 1.63. The Balaban J connectivity index is 2.23. The molecular formula is C12H19ClN2O2. The van der Waals surface area contributed by atoms with E-state index in [4.69, 9.17) is 16.7 Å². The van der Waals surface area contributed by atoms with Crippen LogP contribution < -0.4 is 5.32 Å². The number of aryl methyl sites for hydroxylation is 1. The number of halogens is 1. The minimum atomic E-state index is -0.0958. The molecule has 17 heavy (non-hydrogen) atoms. The van der Waals surface area contributed by atoms with Crippen LogP contribution in [0.1, 0.15) is 36.2 Å². The van der Waals surface area contributed by atoms with Gasteiger partial charge in [0.25, 0.3) is 5.91 Å². The Morgan fingerprint density at radius 3 is 2.71 bits per heavy atom. The highest BCUT2D eigenvalue weighted by molar-refractivity contribution is 6.31. The maximum atomic E-state index is 11.7. The molecule has 0 saturated heterocycles. The molecule has 1 amide bonds. The lowest BCUT2D eigenvalue weighted by molar-refractivity contribution is 0.0944. The molecule has 1 rings (SSSR count). The molecule has 1 aromatic rings. The Bertz CT molecular complexity index is 363. The van der Waals surface area contributed by atoms with Gasteiger partial charge in [0, 0.05) is 26.4 Å². The van der Waals surface area contributed by atoms with Gasteiger partial charge in [0.2, 0.25) is 0 Å². The van der Waals surface area contributed by atoms with Crippen LogP contribution in [0.15, 0.2) is 12.3 Å². The van der Waals surface area contributed by atoms with E-state index < -0.39 is 0 Å². The first-order chi connectivity index (χ1) is 8.15. The molecule has 0 aromatic carbocycles. The van der Waals surface area contributed by atoms with Gasteiger partial charge in [-0.2, -0.15) is 0 Å². The normalized spacial score (nSPS) is 10.5. The molecule has 0 unspecified atom stereocenters. The Kier molecular flexibility index (Phi) is 6.08. The fraction of sp³-hybridized carbons (Fsp3) is 0.583. The second-order valence-electron chi connectivity index (χ2n) is 4.05. The highest BCUT2D eigenvalue weighted by atomic mass is 35.5. The summed E-state index contributed by atoms with van der Waals surface area (Å²) >= 11 is 5.80. The van der Waals surface area contributed by atoms with Crippen LogP contribution in [0.25, 0.3) is 0 Å². The number of amides is 1. The molecule has 1 heterocycles. The molecule has 0 bridgehead atoms. The van der Waals surface area contributed by atoms with Crippen molar-refractivity contribution in [3.05, 3.63) is 23.0 Å². The summed E-state index contributed by atoms with van der Waals surface area (Å²) in [6.07, 6.45) is 5.50. The van der Waals surface area contributed by atoms with Gasteiger partial charge in [0.05, 0.1) is 5.02 Å². The van der Waals surface area contributed by atoms with E-state index in [1.807, 2.05) is 0 Å². The maximum absolute atomic E-state index is 11.7. The van der Waals surface area contributed by atoms with E-state index in [0.29, 0.717) is 17.3 Å². The zero-order valence-electron chi connectivity index (χ0n) is 10.1. The number of aromatic nitrogens is 1. The van der Waals surface area contributed by atoms with Crippen LogP contribution in [-0.4, -0.2) is 28.7 Å². The van der Waals surface area contributed by atoms with E-state index in [2.05, 4.69) is 5.32 Å².